The Morgan fingerprint density at radius 3 is 2.78 bits per heavy atom. The number of carbonyl (C=O) groups excluding carboxylic acids is 1. The van der Waals surface area contributed by atoms with Gasteiger partial charge >= 0.3 is 5.97 Å². The molecule has 0 N–H and O–H groups in total. The van der Waals surface area contributed by atoms with Gasteiger partial charge in [-0.15, -0.1) is 11.3 Å². The molecular formula is C19H20O3S. The van der Waals surface area contributed by atoms with Gasteiger partial charge in [0.2, 0.25) is 0 Å². The van der Waals surface area contributed by atoms with Crippen LogP contribution in [-0.4, -0.2) is 25.8 Å². The number of methoxy groups -OCH3 is 1. The summed E-state index contributed by atoms with van der Waals surface area (Å²) in [5.74, 6) is -0.302. The lowest BCUT2D eigenvalue weighted by atomic mass is 10.0. The second kappa shape index (κ2) is 7.11. The minimum absolute atomic E-state index is 0.151. The van der Waals surface area contributed by atoms with Crippen LogP contribution < -0.4 is 0 Å². The van der Waals surface area contributed by atoms with Crippen molar-refractivity contribution in [2.75, 3.05) is 13.7 Å². The monoisotopic (exact) mass is 328 g/mol. The molecule has 0 radical (unpaired) electrons. The number of ether oxygens (including phenoxy) is 2. The van der Waals surface area contributed by atoms with Crippen LogP contribution in [0.2, 0.25) is 0 Å². The molecule has 1 aromatic carbocycles. The lowest BCUT2D eigenvalue weighted by Gasteiger charge is -2.12. The summed E-state index contributed by atoms with van der Waals surface area (Å²) in [6.07, 6.45) is 3.63. The van der Waals surface area contributed by atoms with Crippen molar-refractivity contribution in [1.82, 2.24) is 0 Å². The summed E-state index contributed by atoms with van der Waals surface area (Å²) in [5, 5.41) is 0. The SMILES string of the molecule is COC(=O)/C(=C/c1cc(-c2ccccc2)sc1C)C1CCCO1. The van der Waals surface area contributed by atoms with Crippen LogP contribution in [0.5, 0.6) is 0 Å². The van der Waals surface area contributed by atoms with Gasteiger partial charge in [-0.3, -0.25) is 0 Å². The van der Waals surface area contributed by atoms with Crippen LogP contribution in [0.25, 0.3) is 16.5 Å². The maximum atomic E-state index is 12.1. The van der Waals surface area contributed by atoms with Gasteiger partial charge in [0, 0.05) is 16.4 Å². The Labute approximate surface area is 140 Å². The van der Waals surface area contributed by atoms with E-state index < -0.39 is 0 Å². The molecule has 23 heavy (non-hydrogen) atoms. The number of esters is 1. The summed E-state index contributed by atoms with van der Waals surface area (Å²) in [6.45, 7) is 2.78. The Bertz CT molecular complexity index is 709. The zero-order chi connectivity index (χ0) is 16.2. The molecule has 2 aromatic rings. The first-order valence-electron chi connectivity index (χ1n) is 7.76. The molecule has 1 atom stereocenters. The fourth-order valence-corrected chi connectivity index (χ4v) is 3.78. The van der Waals surface area contributed by atoms with Crippen molar-refractivity contribution in [3.8, 4) is 10.4 Å². The van der Waals surface area contributed by atoms with E-state index in [4.69, 9.17) is 9.47 Å². The topological polar surface area (TPSA) is 35.5 Å². The molecule has 1 unspecified atom stereocenters. The van der Waals surface area contributed by atoms with Gasteiger partial charge in [-0.25, -0.2) is 4.79 Å². The quantitative estimate of drug-likeness (QED) is 0.614. The average molecular weight is 328 g/mol. The molecule has 4 heteroatoms. The van der Waals surface area contributed by atoms with Gasteiger partial charge in [0.15, 0.2) is 0 Å². The predicted octanol–water partition coefficient (Wildman–Crippen LogP) is 4.46. The maximum absolute atomic E-state index is 12.1. The van der Waals surface area contributed by atoms with Crippen molar-refractivity contribution < 1.29 is 14.3 Å². The molecule has 1 saturated heterocycles. The normalized spacial score (nSPS) is 18.2. The van der Waals surface area contributed by atoms with E-state index in [0.29, 0.717) is 12.2 Å². The van der Waals surface area contributed by atoms with Gasteiger partial charge in [-0.05, 0) is 43.0 Å². The number of aryl methyl sites for hydroxylation is 1. The third kappa shape index (κ3) is 3.54. The molecule has 2 heterocycles. The van der Waals surface area contributed by atoms with Gasteiger partial charge < -0.3 is 9.47 Å². The first kappa shape index (κ1) is 16.0. The summed E-state index contributed by atoms with van der Waals surface area (Å²) in [4.78, 5) is 14.5. The lowest BCUT2D eigenvalue weighted by Crippen LogP contribution is -2.18. The van der Waals surface area contributed by atoms with Gasteiger partial charge in [0.1, 0.15) is 0 Å². The van der Waals surface area contributed by atoms with Crippen molar-refractivity contribution in [3.63, 3.8) is 0 Å². The van der Waals surface area contributed by atoms with E-state index in [2.05, 4.69) is 25.1 Å². The maximum Gasteiger partial charge on any atom is 0.336 e. The molecule has 0 spiro atoms. The van der Waals surface area contributed by atoms with E-state index in [1.54, 1.807) is 11.3 Å². The standard InChI is InChI=1S/C19H20O3S/c1-13-15(12-18(23-13)14-7-4-3-5-8-14)11-16(19(20)21-2)17-9-6-10-22-17/h3-5,7-8,11-12,17H,6,9-10H2,1-2H3/b16-11+. The molecule has 120 valence electrons. The molecule has 1 aromatic heterocycles. The van der Waals surface area contributed by atoms with Gasteiger partial charge in [-0.2, -0.15) is 0 Å². The zero-order valence-electron chi connectivity index (χ0n) is 13.4. The van der Waals surface area contributed by atoms with Crippen LogP contribution >= 0.6 is 11.3 Å². The predicted molar refractivity (Wildman–Crippen MR) is 93.5 cm³/mol. The van der Waals surface area contributed by atoms with Crippen molar-refractivity contribution in [2.24, 2.45) is 0 Å². The molecular weight excluding hydrogens is 308 g/mol. The van der Waals surface area contributed by atoms with E-state index in [1.165, 1.54) is 22.4 Å². The summed E-state index contributed by atoms with van der Waals surface area (Å²) >= 11 is 1.73. The second-order valence-electron chi connectivity index (χ2n) is 5.58. The smallest absolute Gasteiger partial charge is 0.336 e. The summed E-state index contributed by atoms with van der Waals surface area (Å²) in [5.41, 5.74) is 2.87. The fraction of sp³-hybridized carbons (Fsp3) is 0.316. The van der Waals surface area contributed by atoms with Crippen LogP contribution in [0.1, 0.15) is 23.3 Å². The Kier molecular flexibility index (Phi) is 4.94. The first-order chi connectivity index (χ1) is 11.2. The molecule has 0 amide bonds. The highest BCUT2D eigenvalue weighted by Crippen LogP contribution is 2.33. The minimum atomic E-state index is -0.302. The van der Waals surface area contributed by atoms with Gasteiger partial charge in [-0.1, -0.05) is 30.3 Å². The van der Waals surface area contributed by atoms with E-state index >= 15 is 0 Å². The van der Waals surface area contributed by atoms with Crippen LogP contribution in [0, 0.1) is 6.92 Å². The van der Waals surface area contributed by atoms with Crippen LogP contribution in [0.15, 0.2) is 42.0 Å². The molecule has 3 rings (SSSR count). The summed E-state index contributed by atoms with van der Waals surface area (Å²) in [7, 11) is 1.42. The second-order valence-corrected chi connectivity index (χ2v) is 6.84. The van der Waals surface area contributed by atoms with Crippen molar-refractivity contribution >= 4 is 23.4 Å². The van der Waals surface area contributed by atoms with Crippen LogP contribution in [-0.2, 0) is 14.3 Å². The summed E-state index contributed by atoms with van der Waals surface area (Å²) in [6, 6.07) is 12.4. The van der Waals surface area contributed by atoms with Crippen molar-refractivity contribution in [1.29, 1.82) is 0 Å². The number of hydrogen-bond donors (Lipinski definition) is 0. The van der Waals surface area contributed by atoms with Gasteiger partial charge in [0.25, 0.3) is 0 Å². The first-order valence-corrected chi connectivity index (χ1v) is 8.58. The number of thiophene rings is 1. The molecule has 1 fully saturated rings. The molecule has 0 bridgehead atoms. The number of benzene rings is 1. The van der Waals surface area contributed by atoms with E-state index in [9.17, 15) is 4.79 Å². The molecule has 0 aliphatic carbocycles. The van der Waals surface area contributed by atoms with E-state index in [0.717, 1.165) is 18.4 Å². The largest absolute Gasteiger partial charge is 0.466 e. The Morgan fingerprint density at radius 2 is 2.13 bits per heavy atom. The zero-order valence-corrected chi connectivity index (χ0v) is 14.2. The number of hydrogen-bond acceptors (Lipinski definition) is 4. The average Bonchev–Trinajstić information content (AvgIpc) is 3.23. The highest BCUT2D eigenvalue weighted by Gasteiger charge is 2.26. The van der Waals surface area contributed by atoms with Gasteiger partial charge in [0.05, 0.1) is 18.8 Å². The molecule has 1 aliphatic heterocycles. The molecule has 1 aliphatic rings. The van der Waals surface area contributed by atoms with Crippen molar-refractivity contribution in [3.05, 3.63) is 52.4 Å². The summed E-state index contributed by atoms with van der Waals surface area (Å²) < 4.78 is 10.6. The van der Waals surface area contributed by atoms with E-state index in [-0.39, 0.29) is 12.1 Å². The Balaban J connectivity index is 1.96. The van der Waals surface area contributed by atoms with Crippen molar-refractivity contribution in [2.45, 2.75) is 25.9 Å². The minimum Gasteiger partial charge on any atom is -0.466 e. The Hall–Kier alpha value is -1.91. The lowest BCUT2D eigenvalue weighted by molar-refractivity contribution is -0.137. The highest BCUT2D eigenvalue weighted by molar-refractivity contribution is 7.15. The Morgan fingerprint density at radius 1 is 1.35 bits per heavy atom. The highest BCUT2D eigenvalue weighted by atomic mass is 32.1. The third-order valence-corrected chi connectivity index (χ3v) is 5.14. The van der Waals surface area contributed by atoms with E-state index in [1.807, 2.05) is 24.3 Å². The fourth-order valence-electron chi connectivity index (χ4n) is 2.78. The number of rotatable bonds is 4. The molecule has 0 saturated carbocycles. The number of carbonyl (C=O) groups is 1. The third-order valence-electron chi connectivity index (χ3n) is 4.02. The van der Waals surface area contributed by atoms with Crippen LogP contribution in [0.3, 0.4) is 0 Å². The van der Waals surface area contributed by atoms with Crippen LogP contribution in [0.4, 0.5) is 0 Å². The molecule has 3 nitrogen and oxygen atoms in total.